The molecular weight excluding hydrogens is 240 g/mol. The summed E-state index contributed by atoms with van der Waals surface area (Å²) in [5.41, 5.74) is 4.00. The van der Waals surface area contributed by atoms with E-state index < -0.39 is 0 Å². The number of nitrogens with two attached hydrogens (primary N) is 1. The number of nitrogens with one attached hydrogen (secondary N) is 2. The number of rotatable bonds is 5. The molecule has 1 aliphatic rings. The van der Waals surface area contributed by atoms with E-state index in [1.165, 1.54) is 19.3 Å². The first-order chi connectivity index (χ1) is 9.29. The summed E-state index contributed by atoms with van der Waals surface area (Å²) >= 11 is 0. The third-order valence-corrected chi connectivity index (χ3v) is 3.48. The molecule has 0 aliphatic carbocycles. The normalized spacial score (nSPS) is 16.1. The Labute approximate surface area is 114 Å². The molecule has 104 valence electrons. The van der Waals surface area contributed by atoms with Gasteiger partial charge in [-0.3, -0.25) is 10.6 Å². The summed E-state index contributed by atoms with van der Waals surface area (Å²) in [6.07, 6.45) is 3.90. The van der Waals surface area contributed by atoms with Crippen LogP contribution in [0.5, 0.6) is 0 Å². The van der Waals surface area contributed by atoms with Crippen molar-refractivity contribution in [3.05, 3.63) is 29.8 Å². The van der Waals surface area contributed by atoms with Crippen molar-refractivity contribution in [2.45, 2.75) is 19.3 Å². The maximum Gasteiger partial charge on any atom is 0.251 e. The molecule has 0 radical (unpaired) electrons. The summed E-state index contributed by atoms with van der Waals surface area (Å²) in [7, 11) is 0. The third kappa shape index (κ3) is 4.22. The number of hydrogen-bond acceptors (Lipinski definition) is 4. The van der Waals surface area contributed by atoms with Gasteiger partial charge in [-0.1, -0.05) is 6.42 Å². The van der Waals surface area contributed by atoms with Gasteiger partial charge in [0.2, 0.25) is 0 Å². The molecule has 0 atom stereocenters. The highest BCUT2D eigenvalue weighted by molar-refractivity contribution is 5.94. The van der Waals surface area contributed by atoms with Gasteiger partial charge in [-0.2, -0.15) is 0 Å². The summed E-state index contributed by atoms with van der Waals surface area (Å²) < 4.78 is 0. The molecule has 5 heteroatoms. The highest BCUT2D eigenvalue weighted by Gasteiger charge is 2.10. The Morgan fingerprint density at radius 1 is 1.16 bits per heavy atom. The van der Waals surface area contributed by atoms with Crippen LogP contribution in [0.25, 0.3) is 0 Å². The summed E-state index contributed by atoms with van der Waals surface area (Å²) in [6.45, 7) is 3.96. The molecule has 19 heavy (non-hydrogen) atoms. The van der Waals surface area contributed by atoms with Crippen LogP contribution in [0, 0.1) is 0 Å². The van der Waals surface area contributed by atoms with Gasteiger partial charge in [0.1, 0.15) is 0 Å². The van der Waals surface area contributed by atoms with E-state index in [1.807, 2.05) is 0 Å². The van der Waals surface area contributed by atoms with Crippen molar-refractivity contribution < 1.29 is 4.79 Å². The zero-order valence-electron chi connectivity index (χ0n) is 11.2. The van der Waals surface area contributed by atoms with Crippen LogP contribution in [0.2, 0.25) is 0 Å². The largest absolute Gasteiger partial charge is 0.351 e. The van der Waals surface area contributed by atoms with E-state index in [9.17, 15) is 4.79 Å². The van der Waals surface area contributed by atoms with Crippen molar-refractivity contribution in [2.24, 2.45) is 5.84 Å². The van der Waals surface area contributed by atoms with Gasteiger partial charge in [-0.05, 0) is 50.2 Å². The van der Waals surface area contributed by atoms with Gasteiger partial charge in [0.15, 0.2) is 0 Å². The van der Waals surface area contributed by atoms with Gasteiger partial charge in [-0.25, -0.2) is 0 Å². The molecule has 5 nitrogen and oxygen atoms in total. The fourth-order valence-corrected chi connectivity index (χ4v) is 2.33. The number of hydrogen-bond donors (Lipinski definition) is 3. The zero-order valence-corrected chi connectivity index (χ0v) is 11.2. The second-order valence-electron chi connectivity index (χ2n) is 4.88. The van der Waals surface area contributed by atoms with Crippen LogP contribution in [-0.4, -0.2) is 37.0 Å². The molecule has 0 saturated carbocycles. The first kappa shape index (κ1) is 13.8. The molecule has 0 spiro atoms. The number of amides is 1. The molecule has 1 aromatic rings. The van der Waals surface area contributed by atoms with E-state index in [0.29, 0.717) is 12.1 Å². The quantitative estimate of drug-likeness (QED) is 0.550. The Balaban J connectivity index is 1.73. The van der Waals surface area contributed by atoms with Gasteiger partial charge >= 0.3 is 0 Å². The van der Waals surface area contributed by atoms with E-state index in [4.69, 9.17) is 5.84 Å². The van der Waals surface area contributed by atoms with Crippen molar-refractivity contribution in [3.8, 4) is 0 Å². The Bertz CT molecular complexity index is 398. The standard InChI is InChI=1S/C14H22N4O/c15-17-13-6-4-12(5-7-13)14(19)16-8-11-18-9-2-1-3-10-18/h4-7,17H,1-3,8-11,15H2,(H,16,19). The maximum atomic E-state index is 11.9. The molecule has 4 N–H and O–H groups in total. The van der Waals surface area contributed by atoms with Crippen molar-refractivity contribution in [2.75, 3.05) is 31.6 Å². The molecule has 0 bridgehead atoms. The monoisotopic (exact) mass is 262 g/mol. The van der Waals surface area contributed by atoms with Gasteiger partial charge in [-0.15, -0.1) is 0 Å². The average molecular weight is 262 g/mol. The Kier molecular flexibility index (Phi) is 5.18. The lowest BCUT2D eigenvalue weighted by molar-refractivity contribution is 0.0946. The molecule has 0 aromatic heterocycles. The number of nitrogen functional groups attached to an aromatic ring is 1. The highest BCUT2D eigenvalue weighted by Crippen LogP contribution is 2.08. The van der Waals surface area contributed by atoms with Crippen LogP contribution in [0.4, 0.5) is 5.69 Å². The first-order valence-electron chi connectivity index (χ1n) is 6.87. The number of carbonyl (C=O) groups excluding carboxylic acids is 1. The summed E-state index contributed by atoms with van der Waals surface area (Å²) in [6, 6.07) is 7.12. The lowest BCUT2D eigenvalue weighted by Gasteiger charge is -2.26. The zero-order chi connectivity index (χ0) is 13.5. The molecule has 1 heterocycles. The first-order valence-corrected chi connectivity index (χ1v) is 6.87. The topological polar surface area (TPSA) is 70.4 Å². The van der Waals surface area contributed by atoms with Crippen LogP contribution >= 0.6 is 0 Å². The number of benzene rings is 1. The second kappa shape index (κ2) is 7.11. The Morgan fingerprint density at radius 2 is 1.84 bits per heavy atom. The fraction of sp³-hybridized carbons (Fsp3) is 0.500. The molecule has 1 fully saturated rings. The van der Waals surface area contributed by atoms with Crippen molar-refractivity contribution in [3.63, 3.8) is 0 Å². The van der Waals surface area contributed by atoms with E-state index in [2.05, 4.69) is 15.6 Å². The minimum Gasteiger partial charge on any atom is -0.351 e. The number of anilines is 1. The molecular formula is C14H22N4O. The highest BCUT2D eigenvalue weighted by atomic mass is 16.1. The van der Waals surface area contributed by atoms with E-state index in [-0.39, 0.29) is 5.91 Å². The third-order valence-electron chi connectivity index (χ3n) is 3.48. The molecule has 1 aromatic carbocycles. The smallest absolute Gasteiger partial charge is 0.251 e. The Morgan fingerprint density at radius 3 is 2.47 bits per heavy atom. The molecule has 1 saturated heterocycles. The van der Waals surface area contributed by atoms with Gasteiger partial charge in [0, 0.05) is 24.3 Å². The van der Waals surface area contributed by atoms with E-state index >= 15 is 0 Å². The number of piperidine rings is 1. The molecule has 2 rings (SSSR count). The van der Waals surface area contributed by atoms with Gasteiger partial charge in [0.05, 0.1) is 0 Å². The lowest BCUT2D eigenvalue weighted by atomic mass is 10.1. The summed E-state index contributed by atoms with van der Waals surface area (Å²) in [4.78, 5) is 14.3. The number of likely N-dealkylation sites (tertiary alicyclic amines) is 1. The predicted octanol–water partition coefficient (Wildman–Crippen LogP) is 1.19. The van der Waals surface area contributed by atoms with Crippen LogP contribution in [-0.2, 0) is 0 Å². The summed E-state index contributed by atoms with van der Waals surface area (Å²) in [5.74, 6) is 5.26. The fourth-order valence-electron chi connectivity index (χ4n) is 2.33. The molecule has 1 amide bonds. The van der Waals surface area contributed by atoms with Crippen LogP contribution < -0.4 is 16.6 Å². The van der Waals surface area contributed by atoms with Crippen molar-refractivity contribution in [1.82, 2.24) is 10.2 Å². The minimum absolute atomic E-state index is 0.0272. The van der Waals surface area contributed by atoms with Crippen molar-refractivity contribution >= 4 is 11.6 Å². The molecule has 1 aliphatic heterocycles. The second-order valence-corrected chi connectivity index (χ2v) is 4.88. The van der Waals surface area contributed by atoms with E-state index in [1.54, 1.807) is 24.3 Å². The lowest BCUT2D eigenvalue weighted by Crippen LogP contribution is -2.37. The van der Waals surface area contributed by atoms with Crippen LogP contribution in [0.3, 0.4) is 0 Å². The van der Waals surface area contributed by atoms with Crippen LogP contribution in [0.1, 0.15) is 29.6 Å². The van der Waals surface area contributed by atoms with Crippen molar-refractivity contribution in [1.29, 1.82) is 0 Å². The summed E-state index contributed by atoms with van der Waals surface area (Å²) in [5, 5.41) is 2.95. The van der Waals surface area contributed by atoms with E-state index in [0.717, 1.165) is 25.3 Å². The number of carbonyl (C=O) groups is 1. The van der Waals surface area contributed by atoms with Crippen LogP contribution in [0.15, 0.2) is 24.3 Å². The molecule has 0 unspecified atom stereocenters. The van der Waals surface area contributed by atoms with Gasteiger partial charge < -0.3 is 15.6 Å². The number of nitrogens with zero attached hydrogens (tertiary/aromatic N) is 1. The maximum absolute atomic E-state index is 11.9. The average Bonchev–Trinajstić information content (AvgIpc) is 2.48. The SMILES string of the molecule is NNc1ccc(C(=O)NCCN2CCCCC2)cc1. The number of hydrazine groups is 1. The van der Waals surface area contributed by atoms with Gasteiger partial charge in [0.25, 0.3) is 5.91 Å². The predicted molar refractivity (Wildman–Crippen MR) is 76.9 cm³/mol. The minimum atomic E-state index is -0.0272. The Hall–Kier alpha value is -1.59.